The van der Waals surface area contributed by atoms with Gasteiger partial charge in [0.05, 0.1) is 0 Å². The zero-order valence-electron chi connectivity index (χ0n) is 10.3. The molecular weight excluding hydrogens is 346 g/mol. The highest BCUT2D eigenvalue weighted by Gasteiger charge is 2.15. The highest BCUT2D eigenvalue weighted by molar-refractivity contribution is 9.10. The average Bonchev–Trinajstić information content (AvgIpc) is 2.31. The third-order valence-electron chi connectivity index (χ3n) is 2.88. The Labute approximate surface area is 119 Å². The first-order valence-electron chi connectivity index (χ1n) is 5.58. The monoisotopic (exact) mass is 361 g/mol. The van der Waals surface area contributed by atoms with Gasteiger partial charge in [-0.2, -0.15) is 0 Å². The molecule has 0 aromatic heterocycles. The van der Waals surface area contributed by atoms with E-state index >= 15 is 0 Å². The van der Waals surface area contributed by atoms with Gasteiger partial charge in [0.15, 0.2) is 0 Å². The topological polar surface area (TPSA) is 29.1 Å². The van der Waals surface area contributed by atoms with Crippen LogP contribution in [0.2, 0.25) is 0 Å². The van der Waals surface area contributed by atoms with Crippen molar-refractivity contribution in [1.29, 1.82) is 0 Å². The minimum Gasteiger partial charge on any atom is -0.349 e. The number of halogens is 2. The number of carbonyl (C=O) groups excluding carboxylic acids is 1. The van der Waals surface area contributed by atoms with Gasteiger partial charge in [0, 0.05) is 21.4 Å². The van der Waals surface area contributed by atoms with Crippen molar-refractivity contribution in [1.82, 2.24) is 5.32 Å². The second kappa shape index (κ2) is 6.55. The normalized spacial score (nSPS) is 14.2. The fraction of sp³-hybridized carbons (Fsp3) is 0.462. The third-order valence-corrected chi connectivity index (χ3v) is 4.79. The van der Waals surface area contributed by atoms with Gasteiger partial charge in [0.1, 0.15) is 0 Å². The van der Waals surface area contributed by atoms with Gasteiger partial charge in [-0.05, 0) is 43.5 Å². The molecule has 0 aliphatic carbocycles. The van der Waals surface area contributed by atoms with Crippen LogP contribution < -0.4 is 5.32 Å². The molecule has 0 bridgehead atoms. The van der Waals surface area contributed by atoms with Gasteiger partial charge in [0.25, 0.3) is 5.91 Å². The Kier molecular flexibility index (Phi) is 5.67. The third kappa shape index (κ3) is 4.11. The minimum atomic E-state index is -0.0131. The zero-order chi connectivity index (χ0) is 13.0. The van der Waals surface area contributed by atoms with Crippen LogP contribution in [0.5, 0.6) is 0 Å². The lowest BCUT2D eigenvalue weighted by Gasteiger charge is -2.19. The molecule has 0 fully saturated rings. The molecule has 1 rings (SSSR count). The Morgan fingerprint density at radius 1 is 1.41 bits per heavy atom. The Morgan fingerprint density at radius 2 is 2.06 bits per heavy atom. The molecule has 0 saturated carbocycles. The van der Waals surface area contributed by atoms with Gasteiger partial charge in [-0.25, -0.2) is 0 Å². The van der Waals surface area contributed by atoms with Gasteiger partial charge in [-0.1, -0.05) is 38.8 Å². The second-order valence-electron chi connectivity index (χ2n) is 4.36. The Hall–Kier alpha value is -0.350. The summed E-state index contributed by atoms with van der Waals surface area (Å²) in [6.07, 6.45) is 0. The molecule has 2 nitrogen and oxygen atoms in total. The smallest absolute Gasteiger partial charge is 0.251 e. The molecule has 0 aliphatic heterocycles. The van der Waals surface area contributed by atoms with Crippen LogP contribution in [-0.4, -0.2) is 17.3 Å². The number of amides is 1. The summed E-state index contributed by atoms with van der Waals surface area (Å²) in [7, 11) is 0. The van der Waals surface area contributed by atoms with E-state index in [0.717, 1.165) is 15.4 Å². The van der Waals surface area contributed by atoms with Gasteiger partial charge in [-0.3, -0.25) is 4.79 Å². The summed E-state index contributed by atoms with van der Waals surface area (Å²) in [5.74, 6) is 0.399. The highest BCUT2D eigenvalue weighted by Crippen LogP contribution is 2.17. The van der Waals surface area contributed by atoms with Crippen molar-refractivity contribution in [3.05, 3.63) is 33.8 Å². The maximum absolute atomic E-state index is 12.0. The number of aryl methyl sites for hydroxylation is 1. The van der Waals surface area contributed by atoms with Crippen molar-refractivity contribution in [2.24, 2.45) is 5.92 Å². The lowest BCUT2D eigenvalue weighted by molar-refractivity contribution is 0.0931. The summed E-state index contributed by atoms with van der Waals surface area (Å²) in [6, 6.07) is 5.79. The molecule has 2 unspecified atom stereocenters. The van der Waals surface area contributed by atoms with Crippen molar-refractivity contribution >= 4 is 37.8 Å². The Balaban J connectivity index is 2.73. The number of benzene rings is 1. The van der Waals surface area contributed by atoms with E-state index in [2.05, 4.69) is 44.1 Å². The summed E-state index contributed by atoms with van der Waals surface area (Å²) in [4.78, 5) is 12.0. The zero-order valence-corrected chi connectivity index (χ0v) is 13.4. The van der Waals surface area contributed by atoms with Crippen LogP contribution in [0.4, 0.5) is 0 Å². The number of hydrogen-bond acceptors (Lipinski definition) is 1. The molecule has 4 heteroatoms. The van der Waals surface area contributed by atoms with E-state index in [9.17, 15) is 4.79 Å². The summed E-state index contributed by atoms with van der Waals surface area (Å²) in [6.45, 7) is 6.10. The van der Waals surface area contributed by atoms with E-state index in [1.807, 2.05) is 32.0 Å². The maximum atomic E-state index is 12.0. The number of nitrogens with one attached hydrogen (secondary N) is 1. The molecule has 1 aromatic rings. The first-order valence-corrected chi connectivity index (χ1v) is 7.50. The van der Waals surface area contributed by atoms with Crippen LogP contribution in [0.1, 0.15) is 29.8 Å². The van der Waals surface area contributed by atoms with Crippen LogP contribution in [0.25, 0.3) is 0 Å². The quantitative estimate of drug-likeness (QED) is 0.808. The van der Waals surface area contributed by atoms with Gasteiger partial charge >= 0.3 is 0 Å². The number of alkyl halides is 1. The molecule has 0 heterocycles. The molecule has 17 heavy (non-hydrogen) atoms. The predicted octanol–water partition coefficient (Wildman–Crippen LogP) is 3.91. The molecule has 0 saturated heterocycles. The lowest BCUT2D eigenvalue weighted by atomic mass is 10.1. The standard InChI is InChI=1S/C13H17Br2NO/c1-8-6-11(4-5-12(8)15)13(17)16-10(3)9(2)7-14/h4-6,9-10H,7H2,1-3H3,(H,16,17). The maximum Gasteiger partial charge on any atom is 0.251 e. The lowest BCUT2D eigenvalue weighted by Crippen LogP contribution is -2.37. The molecule has 94 valence electrons. The van der Waals surface area contributed by atoms with Crippen molar-refractivity contribution in [3.63, 3.8) is 0 Å². The van der Waals surface area contributed by atoms with Gasteiger partial charge < -0.3 is 5.32 Å². The first kappa shape index (κ1) is 14.7. The van der Waals surface area contributed by atoms with Crippen molar-refractivity contribution < 1.29 is 4.79 Å². The van der Waals surface area contributed by atoms with E-state index < -0.39 is 0 Å². The molecule has 0 aliphatic rings. The molecule has 2 atom stereocenters. The van der Waals surface area contributed by atoms with E-state index in [0.29, 0.717) is 11.5 Å². The highest BCUT2D eigenvalue weighted by atomic mass is 79.9. The van der Waals surface area contributed by atoms with E-state index in [1.165, 1.54) is 0 Å². The number of rotatable bonds is 4. The van der Waals surface area contributed by atoms with Gasteiger partial charge in [-0.15, -0.1) is 0 Å². The average molecular weight is 363 g/mol. The molecule has 1 amide bonds. The summed E-state index contributed by atoms with van der Waals surface area (Å²) in [5.41, 5.74) is 1.78. The summed E-state index contributed by atoms with van der Waals surface area (Å²) >= 11 is 6.85. The van der Waals surface area contributed by atoms with Crippen molar-refractivity contribution in [2.75, 3.05) is 5.33 Å². The number of hydrogen-bond donors (Lipinski definition) is 1. The second-order valence-corrected chi connectivity index (χ2v) is 5.86. The Morgan fingerprint density at radius 3 is 2.59 bits per heavy atom. The fourth-order valence-corrected chi connectivity index (χ4v) is 2.16. The van der Waals surface area contributed by atoms with Crippen LogP contribution in [0.15, 0.2) is 22.7 Å². The van der Waals surface area contributed by atoms with Crippen LogP contribution in [0.3, 0.4) is 0 Å². The number of carbonyl (C=O) groups is 1. The minimum absolute atomic E-state index is 0.0131. The predicted molar refractivity (Wildman–Crippen MR) is 78.8 cm³/mol. The van der Waals surface area contributed by atoms with E-state index in [-0.39, 0.29) is 11.9 Å². The van der Waals surface area contributed by atoms with Crippen molar-refractivity contribution in [2.45, 2.75) is 26.8 Å². The molecule has 1 N–H and O–H groups in total. The SMILES string of the molecule is Cc1cc(C(=O)NC(C)C(C)CBr)ccc1Br. The van der Waals surface area contributed by atoms with Crippen LogP contribution in [-0.2, 0) is 0 Å². The van der Waals surface area contributed by atoms with Gasteiger partial charge in [0.2, 0.25) is 0 Å². The molecule has 0 spiro atoms. The Bertz CT molecular complexity index is 406. The van der Waals surface area contributed by atoms with Crippen LogP contribution >= 0.6 is 31.9 Å². The first-order chi connectivity index (χ1) is 7.95. The molecular formula is C13H17Br2NO. The summed E-state index contributed by atoms with van der Waals surface area (Å²) < 4.78 is 1.02. The largest absolute Gasteiger partial charge is 0.349 e. The fourth-order valence-electron chi connectivity index (χ4n) is 1.35. The van der Waals surface area contributed by atoms with E-state index in [1.54, 1.807) is 0 Å². The molecule has 1 aromatic carbocycles. The van der Waals surface area contributed by atoms with E-state index in [4.69, 9.17) is 0 Å². The summed E-state index contributed by atoms with van der Waals surface area (Å²) in [5, 5.41) is 3.89. The molecule has 0 radical (unpaired) electrons. The van der Waals surface area contributed by atoms with Crippen LogP contribution in [0, 0.1) is 12.8 Å². The van der Waals surface area contributed by atoms with Crippen molar-refractivity contribution in [3.8, 4) is 0 Å².